The van der Waals surface area contributed by atoms with Gasteiger partial charge in [0.05, 0.1) is 17.3 Å². The van der Waals surface area contributed by atoms with Crippen molar-refractivity contribution in [2.45, 2.75) is 19.8 Å². The molecule has 1 aromatic rings. The van der Waals surface area contributed by atoms with Crippen LogP contribution >= 0.6 is 0 Å². The number of fused-ring (bicyclic) bond motifs is 1. The second-order valence-corrected chi connectivity index (χ2v) is 3.81. The summed E-state index contributed by atoms with van der Waals surface area (Å²) in [6.45, 7) is 2.06. The third kappa shape index (κ3) is 2.05. The third-order valence-electron chi connectivity index (χ3n) is 2.58. The zero-order valence-electron chi connectivity index (χ0n) is 9.64. The van der Waals surface area contributed by atoms with Gasteiger partial charge in [-0.15, -0.1) is 5.73 Å². The van der Waals surface area contributed by atoms with Crippen LogP contribution in [-0.2, 0) is 0 Å². The minimum atomic E-state index is -0.275. The van der Waals surface area contributed by atoms with Gasteiger partial charge in [-0.1, -0.05) is 25.5 Å². The van der Waals surface area contributed by atoms with Crippen LogP contribution in [0.2, 0.25) is 0 Å². The number of carbonyl (C=O) groups is 2. The number of amides is 2. The summed E-state index contributed by atoms with van der Waals surface area (Å²) >= 11 is 0. The molecule has 0 saturated heterocycles. The summed E-state index contributed by atoms with van der Waals surface area (Å²) in [6, 6.07) is 6.84. The van der Waals surface area contributed by atoms with E-state index in [0.29, 0.717) is 11.1 Å². The number of hydrogen-bond donors (Lipinski definition) is 0. The first-order valence-corrected chi connectivity index (χ1v) is 5.63. The normalized spacial score (nSPS) is 13.4. The van der Waals surface area contributed by atoms with Gasteiger partial charge in [-0.25, -0.2) is 4.90 Å². The minimum Gasteiger partial charge on any atom is -0.268 e. The van der Waals surface area contributed by atoms with Crippen LogP contribution in [0.1, 0.15) is 40.5 Å². The van der Waals surface area contributed by atoms with Crippen LogP contribution in [0.4, 0.5) is 0 Å². The molecule has 0 unspecified atom stereocenters. The number of rotatable bonds is 3. The van der Waals surface area contributed by atoms with Gasteiger partial charge < -0.3 is 0 Å². The topological polar surface area (TPSA) is 37.4 Å². The molecular weight excluding hydrogens is 214 g/mol. The average molecular weight is 227 g/mol. The molecule has 1 aliphatic rings. The predicted octanol–water partition coefficient (Wildman–Crippen LogP) is 2.75. The van der Waals surface area contributed by atoms with Crippen LogP contribution in [0.15, 0.2) is 42.3 Å². The monoisotopic (exact) mass is 227 g/mol. The number of hydrogen-bond acceptors (Lipinski definition) is 2. The maximum atomic E-state index is 11.9. The molecule has 17 heavy (non-hydrogen) atoms. The molecule has 0 atom stereocenters. The fourth-order valence-corrected chi connectivity index (χ4v) is 1.68. The quantitative estimate of drug-likeness (QED) is 0.588. The van der Waals surface area contributed by atoms with E-state index in [2.05, 4.69) is 12.7 Å². The summed E-state index contributed by atoms with van der Waals surface area (Å²) in [4.78, 5) is 24.9. The van der Waals surface area contributed by atoms with Crippen LogP contribution in [-0.4, -0.2) is 16.7 Å². The highest BCUT2D eigenvalue weighted by Crippen LogP contribution is 2.22. The summed E-state index contributed by atoms with van der Waals surface area (Å²) in [5.74, 6) is -0.550. The van der Waals surface area contributed by atoms with E-state index < -0.39 is 0 Å². The Kier molecular flexibility index (Phi) is 3.22. The van der Waals surface area contributed by atoms with Crippen molar-refractivity contribution in [3.05, 3.63) is 53.4 Å². The maximum Gasteiger partial charge on any atom is 0.266 e. The Balaban J connectivity index is 2.28. The Labute approximate surface area is 100 Å². The number of benzene rings is 1. The summed E-state index contributed by atoms with van der Waals surface area (Å²) in [6.07, 6.45) is 5.15. The Morgan fingerprint density at radius 2 is 1.76 bits per heavy atom. The van der Waals surface area contributed by atoms with Gasteiger partial charge in [-0.3, -0.25) is 9.59 Å². The molecule has 2 rings (SSSR count). The molecule has 0 aliphatic carbocycles. The van der Waals surface area contributed by atoms with E-state index in [9.17, 15) is 9.59 Å². The highest BCUT2D eigenvalue weighted by Gasteiger charge is 2.33. The van der Waals surface area contributed by atoms with Crippen LogP contribution in [0, 0.1) is 0 Å². The highest BCUT2D eigenvalue weighted by molar-refractivity contribution is 6.21. The molecule has 3 nitrogen and oxygen atoms in total. The zero-order valence-corrected chi connectivity index (χ0v) is 9.64. The van der Waals surface area contributed by atoms with Crippen molar-refractivity contribution in [2.75, 3.05) is 0 Å². The van der Waals surface area contributed by atoms with Gasteiger partial charge in [0.2, 0.25) is 0 Å². The van der Waals surface area contributed by atoms with E-state index in [-0.39, 0.29) is 11.8 Å². The van der Waals surface area contributed by atoms with Crippen LogP contribution in [0.5, 0.6) is 0 Å². The van der Waals surface area contributed by atoms with Gasteiger partial charge in [0.25, 0.3) is 11.8 Å². The van der Waals surface area contributed by atoms with Crippen LogP contribution in [0.25, 0.3) is 0 Å². The Hall–Kier alpha value is -2.12. The second-order valence-electron chi connectivity index (χ2n) is 3.81. The van der Waals surface area contributed by atoms with Crippen molar-refractivity contribution in [2.24, 2.45) is 0 Å². The molecule has 0 N–H and O–H groups in total. The van der Waals surface area contributed by atoms with E-state index in [1.807, 2.05) is 6.08 Å². The molecule has 1 aromatic carbocycles. The zero-order chi connectivity index (χ0) is 12.3. The molecule has 86 valence electrons. The first-order valence-electron chi connectivity index (χ1n) is 5.63. The van der Waals surface area contributed by atoms with E-state index in [1.165, 1.54) is 6.20 Å². The lowest BCUT2D eigenvalue weighted by Crippen LogP contribution is -2.23. The molecular formula is C14H13NO2. The Morgan fingerprint density at radius 1 is 1.18 bits per heavy atom. The molecule has 1 heterocycles. The summed E-state index contributed by atoms with van der Waals surface area (Å²) in [7, 11) is 0. The van der Waals surface area contributed by atoms with Crippen molar-refractivity contribution in [3.8, 4) is 0 Å². The first kappa shape index (κ1) is 11.4. The number of nitrogens with zero attached hydrogens (tertiary/aromatic N) is 1. The molecule has 0 fully saturated rings. The number of imide groups is 1. The van der Waals surface area contributed by atoms with E-state index in [4.69, 9.17) is 0 Å². The standard InChI is InChI=1S/C14H13NO2/c1-2-3-4-7-10-15-13(16)11-8-5-6-9-12(11)14(15)17/h4-6,8-10H,2-3H2,1H3. The highest BCUT2D eigenvalue weighted by atomic mass is 16.2. The van der Waals surface area contributed by atoms with E-state index >= 15 is 0 Å². The molecule has 0 bridgehead atoms. The van der Waals surface area contributed by atoms with E-state index in [1.54, 1.807) is 24.3 Å². The Bertz CT molecular complexity index is 490. The van der Waals surface area contributed by atoms with Crippen LogP contribution in [0.3, 0.4) is 0 Å². The van der Waals surface area contributed by atoms with Gasteiger partial charge in [-0.2, -0.15) is 0 Å². The lowest BCUT2D eigenvalue weighted by Gasteiger charge is -2.04. The van der Waals surface area contributed by atoms with Gasteiger partial charge in [-0.05, 0) is 24.6 Å². The smallest absolute Gasteiger partial charge is 0.266 e. The van der Waals surface area contributed by atoms with Gasteiger partial charge in [0, 0.05) is 0 Å². The first-order chi connectivity index (χ1) is 8.25. The molecule has 0 spiro atoms. The van der Waals surface area contributed by atoms with Crippen molar-refractivity contribution >= 4 is 11.8 Å². The largest absolute Gasteiger partial charge is 0.268 e. The number of carbonyl (C=O) groups excluding carboxylic acids is 2. The van der Waals surface area contributed by atoms with Gasteiger partial charge in [0.15, 0.2) is 0 Å². The molecule has 0 radical (unpaired) electrons. The molecule has 0 saturated carbocycles. The Morgan fingerprint density at radius 3 is 2.29 bits per heavy atom. The summed E-state index contributed by atoms with van der Waals surface area (Å²) in [5, 5.41) is 0. The van der Waals surface area contributed by atoms with Crippen molar-refractivity contribution in [3.63, 3.8) is 0 Å². The SMILES string of the molecule is CCCC=C=CN1C(=O)c2ccccc2C1=O. The van der Waals surface area contributed by atoms with Crippen LogP contribution < -0.4 is 0 Å². The number of allylic oxidation sites excluding steroid dienone is 1. The average Bonchev–Trinajstić information content (AvgIpc) is 2.60. The fourth-order valence-electron chi connectivity index (χ4n) is 1.68. The van der Waals surface area contributed by atoms with E-state index in [0.717, 1.165) is 17.7 Å². The lowest BCUT2D eigenvalue weighted by molar-refractivity contribution is 0.0722. The molecule has 2 amide bonds. The second kappa shape index (κ2) is 4.81. The maximum absolute atomic E-state index is 11.9. The molecule has 3 heteroatoms. The predicted molar refractivity (Wildman–Crippen MR) is 64.5 cm³/mol. The minimum absolute atomic E-state index is 0.275. The van der Waals surface area contributed by atoms with Crippen molar-refractivity contribution < 1.29 is 9.59 Å². The third-order valence-corrected chi connectivity index (χ3v) is 2.58. The lowest BCUT2D eigenvalue weighted by atomic mass is 10.1. The number of unbranched alkanes of at least 4 members (excludes halogenated alkanes) is 1. The summed E-state index contributed by atoms with van der Waals surface area (Å²) in [5.41, 5.74) is 3.79. The van der Waals surface area contributed by atoms with Crippen molar-refractivity contribution in [1.29, 1.82) is 0 Å². The van der Waals surface area contributed by atoms with Crippen molar-refractivity contribution in [1.82, 2.24) is 4.90 Å². The van der Waals surface area contributed by atoms with Gasteiger partial charge in [0.1, 0.15) is 0 Å². The fraction of sp³-hybridized carbons (Fsp3) is 0.214. The summed E-state index contributed by atoms with van der Waals surface area (Å²) < 4.78 is 0. The van der Waals surface area contributed by atoms with Gasteiger partial charge >= 0.3 is 0 Å². The molecule has 1 aliphatic heterocycles. The molecule has 0 aromatic heterocycles.